The van der Waals surface area contributed by atoms with Crippen molar-refractivity contribution < 1.29 is 0 Å². The summed E-state index contributed by atoms with van der Waals surface area (Å²) in [5, 5.41) is 15.1. The maximum absolute atomic E-state index is 4.81. The number of aromatic nitrogens is 5. The van der Waals surface area contributed by atoms with Crippen LogP contribution in [-0.2, 0) is 19.5 Å². The quantitative estimate of drug-likeness (QED) is 0.255. The zero-order valence-corrected chi connectivity index (χ0v) is 19.7. The van der Waals surface area contributed by atoms with Gasteiger partial charge in [0, 0.05) is 39.1 Å². The molecule has 3 aromatic rings. The number of nitrogens with zero attached hydrogens (tertiary/aromatic N) is 6. The molecule has 0 unspecified atom stereocenters. The molecule has 0 aliphatic carbocycles. The summed E-state index contributed by atoms with van der Waals surface area (Å²) in [6.45, 7) is 8.36. The summed E-state index contributed by atoms with van der Waals surface area (Å²) in [6, 6.07) is 8.30. The minimum atomic E-state index is 0.761. The Hall–Kier alpha value is -2.55. The van der Waals surface area contributed by atoms with Gasteiger partial charge in [-0.25, -0.2) is 4.98 Å². The van der Waals surface area contributed by atoms with Crippen molar-refractivity contribution in [3.8, 4) is 0 Å². The van der Waals surface area contributed by atoms with E-state index in [4.69, 9.17) is 4.99 Å². The van der Waals surface area contributed by atoms with E-state index in [1.165, 1.54) is 5.52 Å². The van der Waals surface area contributed by atoms with E-state index in [1.54, 1.807) is 6.33 Å². The Kier molecular flexibility index (Phi) is 9.20. The number of hydrogen-bond donors (Lipinski definition) is 2. The molecular formula is C22H34N8S. The molecule has 0 radical (unpaired) electrons. The van der Waals surface area contributed by atoms with Crippen molar-refractivity contribution in [2.45, 2.75) is 46.2 Å². The second kappa shape index (κ2) is 12.3. The lowest BCUT2D eigenvalue weighted by atomic mass is 10.3. The van der Waals surface area contributed by atoms with Gasteiger partial charge >= 0.3 is 0 Å². The number of aliphatic imine (C=N–C) groups is 1. The molecule has 0 spiro atoms. The third-order valence-electron chi connectivity index (χ3n) is 5.13. The fraction of sp³-hybridized carbons (Fsp3) is 0.545. The highest BCUT2D eigenvalue weighted by Gasteiger charge is 2.06. The summed E-state index contributed by atoms with van der Waals surface area (Å²) in [6.07, 6.45) is 6.90. The van der Waals surface area contributed by atoms with Crippen molar-refractivity contribution in [2.75, 3.05) is 31.6 Å². The van der Waals surface area contributed by atoms with Crippen molar-refractivity contribution in [3.05, 3.63) is 42.2 Å². The molecule has 8 nitrogen and oxygen atoms in total. The molecule has 2 heterocycles. The topological polar surface area (TPSA) is 85.0 Å². The molecule has 0 amide bonds. The van der Waals surface area contributed by atoms with Gasteiger partial charge in [0.25, 0.3) is 0 Å². The van der Waals surface area contributed by atoms with Crippen molar-refractivity contribution in [2.24, 2.45) is 4.99 Å². The summed E-state index contributed by atoms with van der Waals surface area (Å²) in [4.78, 5) is 9.46. The number of aryl methyl sites for hydroxylation is 3. The summed E-state index contributed by atoms with van der Waals surface area (Å²) >= 11 is 1.87. The summed E-state index contributed by atoms with van der Waals surface area (Å²) < 4.78 is 4.37. The van der Waals surface area contributed by atoms with Crippen LogP contribution in [0.5, 0.6) is 0 Å². The molecule has 0 bridgehead atoms. The number of para-hydroxylation sites is 2. The first-order valence-corrected chi connectivity index (χ1v) is 12.4. The van der Waals surface area contributed by atoms with Gasteiger partial charge in [-0.15, -0.1) is 10.2 Å². The molecule has 1 aromatic carbocycles. The zero-order valence-electron chi connectivity index (χ0n) is 18.8. The molecule has 0 atom stereocenters. The molecule has 2 N–H and O–H groups in total. The van der Waals surface area contributed by atoms with Crippen LogP contribution in [0.4, 0.5) is 0 Å². The smallest absolute Gasteiger partial charge is 0.191 e. The van der Waals surface area contributed by atoms with Gasteiger partial charge in [-0.1, -0.05) is 19.1 Å². The summed E-state index contributed by atoms with van der Waals surface area (Å²) in [5.41, 5.74) is 2.25. The standard InChI is InChI=1S/C22H34N8S/c1-4-21-28-26-17-29(21)15-13-25-22(24-12-8-16-31-3)23-11-7-14-30-18(2)27-19-9-5-6-10-20(19)30/h5-6,9-10,17H,4,7-8,11-16H2,1-3H3,(H2,23,24,25). The minimum Gasteiger partial charge on any atom is -0.356 e. The second-order valence-electron chi connectivity index (χ2n) is 7.38. The Bertz CT molecular complexity index is 961. The van der Waals surface area contributed by atoms with Crippen LogP contribution in [0.15, 0.2) is 35.6 Å². The minimum absolute atomic E-state index is 0.761. The van der Waals surface area contributed by atoms with Gasteiger partial charge in [0.15, 0.2) is 5.96 Å². The first kappa shape index (κ1) is 23.1. The predicted molar refractivity (Wildman–Crippen MR) is 130 cm³/mol. The molecule has 168 valence electrons. The van der Waals surface area contributed by atoms with Gasteiger partial charge < -0.3 is 19.8 Å². The third kappa shape index (κ3) is 6.72. The van der Waals surface area contributed by atoms with E-state index in [-0.39, 0.29) is 0 Å². The Morgan fingerprint density at radius 2 is 1.97 bits per heavy atom. The Morgan fingerprint density at radius 1 is 1.13 bits per heavy atom. The first-order chi connectivity index (χ1) is 15.2. The van der Waals surface area contributed by atoms with Crippen LogP contribution in [0.2, 0.25) is 0 Å². The van der Waals surface area contributed by atoms with E-state index in [2.05, 4.69) is 73.3 Å². The number of guanidine groups is 1. The van der Waals surface area contributed by atoms with Crippen LogP contribution in [0.1, 0.15) is 31.4 Å². The second-order valence-corrected chi connectivity index (χ2v) is 8.36. The SMILES string of the molecule is CCc1nncn1CCNC(=NCCCn1c(C)nc2ccccc21)NCCCSC. The van der Waals surface area contributed by atoms with Crippen LogP contribution in [-0.4, -0.2) is 61.9 Å². The lowest BCUT2D eigenvalue weighted by Crippen LogP contribution is -2.39. The highest BCUT2D eigenvalue weighted by atomic mass is 32.2. The van der Waals surface area contributed by atoms with Gasteiger partial charge in [-0.05, 0) is 43.9 Å². The molecule has 31 heavy (non-hydrogen) atoms. The van der Waals surface area contributed by atoms with Crippen LogP contribution >= 0.6 is 11.8 Å². The molecule has 9 heteroatoms. The number of imidazole rings is 1. The number of benzene rings is 1. The fourth-order valence-electron chi connectivity index (χ4n) is 3.53. The highest BCUT2D eigenvalue weighted by molar-refractivity contribution is 7.98. The average molecular weight is 443 g/mol. The van der Waals surface area contributed by atoms with Crippen LogP contribution in [0.25, 0.3) is 11.0 Å². The Labute approximate surface area is 188 Å². The molecule has 0 fully saturated rings. The van der Waals surface area contributed by atoms with Crippen molar-refractivity contribution in [3.63, 3.8) is 0 Å². The third-order valence-corrected chi connectivity index (χ3v) is 5.83. The highest BCUT2D eigenvalue weighted by Crippen LogP contribution is 2.15. The molecule has 0 saturated carbocycles. The van der Waals surface area contributed by atoms with Gasteiger partial charge in [0.2, 0.25) is 0 Å². The zero-order chi connectivity index (χ0) is 21.9. The lowest BCUT2D eigenvalue weighted by molar-refractivity contribution is 0.624. The summed E-state index contributed by atoms with van der Waals surface area (Å²) in [7, 11) is 0. The monoisotopic (exact) mass is 442 g/mol. The van der Waals surface area contributed by atoms with Gasteiger partial charge in [0.05, 0.1) is 11.0 Å². The van der Waals surface area contributed by atoms with Crippen molar-refractivity contribution in [1.29, 1.82) is 0 Å². The van der Waals surface area contributed by atoms with Gasteiger partial charge in [-0.3, -0.25) is 4.99 Å². The van der Waals surface area contributed by atoms with Crippen molar-refractivity contribution >= 4 is 28.8 Å². The largest absolute Gasteiger partial charge is 0.356 e. The number of rotatable bonds is 12. The normalized spacial score (nSPS) is 11.9. The van der Waals surface area contributed by atoms with Gasteiger partial charge in [0.1, 0.15) is 18.0 Å². The molecule has 2 aromatic heterocycles. The van der Waals surface area contributed by atoms with Gasteiger partial charge in [-0.2, -0.15) is 11.8 Å². The fourth-order valence-corrected chi connectivity index (χ4v) is 3.96. The Balaban J connectivity index is 1.52. The van der Waals surface area contributed by atoms with E-state index >= 15 is 0 Å². The average Bonchev–Trinajstić information content (AvgIpc) is 3.37. The molecule has 0 saturated heterocycles. The maximum Gasteiger partial charge on any atom is 0.191 e. The lowest BCUT2D eigenvalue weighted by Gasteiger charge is -2.13. The van der Waals surface area contributed by atoms with E-state index < -0.39 is 0 Å². The van der Waals surface area contributed by atoms with E-state index in [0.29, 0.717) is 0 Å². The maximum atomic E-state index is 4.81. The molecule has 0 aliphatic heterocycles. The molecule has 3 rings (SSSR count). The number of hydrogen-bond acceptors (Lipinski definition) is 5. The van der Waals surface area contributed by atoms with E-state index in [9.17, 15) is 0 Å². The number of fused-ring (bicyclic) bond motifs is 1. The van der Waals surface area contributed by atoms with Crippen LogP contribution in [0.3, 0.4) is 0 Å². The number of thioether (sulfide) groups is 1. The Morgan fingerprint density at radius 3 is 2.81 bits per heavy atom. The van der Waals surface area contributed by atoms with Crippen molar-refractivity contribution in [1.82, 2.24) is 34.9 Å². The van der Waals surface area contributed by atoms with E-state index in [0.717, 1.165) is 80.9 Å². The van der Waals surface area contributed by atoms with E-state index in [1.807, 2.05) is 17.8 Å². The number of nitrogens with one attached hydrogen (secondary N) is 2. The molecular weight excluding hydrogens is 408 g/mol. The summed E-state index contributed by atoms with van der Waals surface area (Å²) in [5.74, 6) is 4.09. The van der Waals surface area contributed by atoms with Crippen LogP contribution in [0, 0.1) is 6.92 Å². The predicted octanol–water partition coefficient (Wildman–Crippen LogP) is 2.88. The first-order valence-electron chi connectivity index (χ1n) is 11.0. The molecule has 0 aliphatic rings. The van der Waals surface area contributed by atoms with Crippen LogP contribution < -0.4 is 10.6 Å².